The highest BCUT2D eigenvalue weighted by molar-refractivity contribution is 5.67. The topological polar surface area (TPSA) is 49.8 Å². The molecule has 0 bridgehead atoms. The van der Waals surface area contributed by atoms with Gasteiger partial charge in [-0.25, -0.2) is 0 Å². The molecule has 30 heavy (non-hydrogen) atoms. The summed E-state index contributed by atoms with van der Waals surface area (Å²) >= 11 is 0. The number of aryl methyl sites for hydroxylation is 1. The van der Waals surface area contributed by atoms with Crippen LogP contribution in [0.4, 0.5) is 5.69 Å². The molecular formula is C26H27NO3. The van der Waals surface area contributed by atoms with Gasteiger partial charge >= 0.3 is 5.97 Å². The molecule has 4 nitrogen and oxygen atoms in total. The number of hydrogen-bond acceptors (Lipinski definition) is 3. The summed E-state index contributed by atoms with van der Waals surface area (Å²) in [7, 11) is 0. The fourth-order valence-corrected chi connectivity index (χ4v) is 3.98. The third kappa shape index (κ3) is 4.82. The number of anilines is 1. The fourth-order valence-electron chi connectivity index (χ4n) is 3.98. The zero-order chi connectivity index (χ0) is 20.9. The highest BCUT2D eigenvalue weighted by Crippen LogP contribution is 2.33. The van der Waals surface area contributed by atoms with E-state index in [0.29, 0.717) is 19.1 Å². The standard InChI is InChI=1S/C26H27NO3/c1-19-16-23-4-2-3-5-25(23)27(19)17-21-6-8-22(9-7-21)18-30-24-13-10-20(11-14-24)12-15-26(28)29/h2-11,13-14,19H,12,15-18H2,1H3,(H,28,29). The van der Waals surface area contributed by atoms with Gasteiger partial charge in [0.15, 0.2) is 0 Å². The van der Waals surface area contributed by atoms with Crippen molar-refractivity contribution in [3.63, 3.8) is 0 Å². The Balaban J connectivity index is 1.31. The van der Waals surface area contributed by atoms with Crippen molar-refractivity contribution in [3.8, 4) is 5.75 Å². The molecule has 1 aliphatic rings. The normalized spacial score (nSPS) is 15.1. The van der Waals surface area contributed by atoms with E-state index in [1.807, 2.05) is 24.3 Å². The lowest BCUT2D eigenvalue weighted by molar-refractivity contribution is -0.136. The third-order valence-electron chi connectivity index (χ3n) is 5.68. The molecular weight excluding hydrogens is 374 g/mol. The maximum absolute atomic E-state index is 10.7. The second-order valence-electron chi connectivity index (χ2n) is 7.95. The first kappa shape index (κ1) is 20.0. The molecule has 0 amide bonds. The molecule has 0 saturated heterocycles. The van der Waals surface area contributed by atoms with Crippen LogP contribution in [-0.2, 0) is 30.8 Å². The summed E-state index contributed by atoms with van der Waals surface area (Å²) in [5.74, 6) is 0.0165. The highest BCUT2D eigenvalue weighted by Gasteiger charge is 2.25. The Kier molecular flexibility index (Phi) is 6.03. The van der Waals surface area contributed by atoms with Crippen LogP contribution in [0, 0.1) is 0 Å². The Labute approximate surface area is 177 Å². The van der Waals surface area contributed by atoms with Gasteiger partial charge in [0.05, 0.1) is 0 Å². The summed E-state index contributed by atoms with van der Waals surface area (Å²) in [6.07, 6.45) is 1.79. The number of rotatable bonds is 8. The Morgan fingerprint density at radius 2 is 1.63 bits per heavy atom. The molecule has 1 aliphatic heterocycles. The Morgan fingerprint density at radius 3 is 2.37 bits per heavy atom. The van der Waals surface area contributed by atoms with Crippen molar-refractivity contribution in [2.45, 2.75) is 45.4 Å². The summed E-state index contributed by atoms with van der Waals surface area (Å²) in [4.78, 5) is 13.1. The van der Waals surface area contributed by atoms with Crippen LogP contribution >= 0.6 is 0 Å². The van der Waals surface area contributed by atoms with Crippen LogP contribution in [0.2, 0.25) is 0 Å². The summed E-state index contributed by atoms with van der Waals surface area (Å²) < 4.78 is 5.88. The minimum Gasteiger partial charge on any atom is -0.489 e. The number of para-hydroxylation sites is 1. The summed E-state index contributed by atoms with van der Waals surface area (Å²) in [5.41, 5.74) is 6.22. The van der Waals surface area contributed by atoms with Crippen molar-refractivity contribution < 1.29 is 14.6 Å². The molecule has 0 aromatic heterocycles. The van der Waals surface area contributed by atoms with Gasteiger partial charge < -0.3 is 14.7 Å². The van der Waals surface area contributed by atoms with Gasteiger partial charge in [0.2, 0.25) is 0 Å². The molecule has 1 N–H and O–H groups in total. The molecule has 1 heterocycles. The monoisotopic (exact) mass is 401 g/mol. The number of ether oxygens (including phenoxy) is 1. The van der Waals surface area contributed by atoms with Gasteiger partial charge in [0, 0.05) is 24.7 Å². The molecule has 3 aromatic rings. The van der Waals surface area contributed by atoms with Crippen LogP contribution in [0.15, 0.2) is 72.8 Å². The van der Waals surface area contributed by atoms with E-state index in [0.717, 1.165) is 29.8 Å². The zero-order valence-corrected chi connectivity index (χ0v) is 17.3. The number of carboxylic acid groups (broad SMARTS) is 1. The summed E-state index contributed by atoms with van der Waals surface area (Å²) in [5, 5.41) is 8.77. The quantitative estimate of drug-likeness (QED) is 0.561. The van der Waals surface area contributed by atoms with E-state index in [9.17, 15) is 4.79 Å². The SMILES string of the molecule is CC1Cc2ccccc2N1Cc1ccc(COc2ccc(CCC(=O)O)cc2)cc1. The lowest BCUT2D eigenvalue weighted by Gasteiger charge is -2.25. The van der Waals surface area contributed by atoms with Gasteiger partial charge in [-0.3, -0.25) is 4.79 Å². The maximum Gasteiger partial charge on any atom is 0.303 e. The number of aliphatic carboxylic acids is 1. The minimum absolute atomic E-state index is 0.147. The zero-order valence-electron chi connectivity index (χ0n) is 17.3. The van der Waals surface area contributed by atoms with Crippen molar-refractivity contribution in [3.05, 3.63) is 95.1 Å². The third-order valence-corrected chi connectivity index (χ3v) is 5.68. The number of carboxylic acids is 1. The van der Waals surface area contributed by atoms with E-state index < -0.39 is 5.97 Å². The molecule has 0 radical (unpaired) electrons. The first-order valence-corrected chi connectivity index (χ1v) is 10.4. The van der Waals surface area contributed by atoms with Gasteiger partial charge in [-0.15, -0.1) is 0 Å². The van der Waals surface area contributed by atoms with Gasteiger partial charge in [0.1, 0.15) is 12.4 Å². The smallest absolute Gasteiger partial charge is 0.303 e. The number of benzene rings is 3. The van der Waals surface area contributed by atoms with E-state index in [2.05, 4.69) is 60.4 Å². The lowest BCUT2D eigenvalue weighted by atomic mass is 10.1. The predicted octanol–water partition coefficient (Wildman–Crippen LogP) is 5.23. The summed E-state index contributed by atoms with van der Waals surface area (Å²) in [6.45, 7) is 3.71. The van der Waals surface area contributed by atoms with Crippen LogP contribution in [0.3, 0.4) is 0 Å². The molecule has 4 heteroatoms. The number of fused-ring (bicyclic) bond motifs is 1. The van der Waals surface area contributed by atoms with Crippen molar-refractivity contribution in [2.24, 2.45) is 0 Å². The second kappa shape index (κ2) is 9.04. The summed E-state index contributed by atoms with van der Waals surface area (Å²) in [6, 6.07) is 25.5. The molecule has 154 valence electrons. The minimum atomic E-state index is -0.776. The van der Waals surface area contributed by atoms with Crippen LogP contribution in [0.1, 0.15) is 35.6 Å². The molecule has 1 atom stereocenters. The lowest BCUT2D eigenvalue weighted by Crippen LogP contribution is -2.28. The molecule has 0 aliphatic carbocycles. The molecule has 1 unspecified atom stereocenters. The van der Waals surface area contributed by atoms with Gasteiger partial charge in [0.25, 0.3) is 0 Å². The largest absolute Gasteiger partial charge is 0.489 e. The van der Waals surface area contributed by atoms with E-state index in [1.165, 1.54) is 16.8 Å². The van der Waals surface area contributed by atoms with Crippen molar-refractivity contribution >= 4 is 11.7 Å². The predicted molar refractivity (Wildman–Crippen MR) is 119 cm³/mol. The average molecular weight is 402 g/mol. The molecule has 0 saturated carbocycles. The van der Waals surface area contributed by atoms with Gasteiger partial charge in [-0.05, 0) is 60.2 Å². The average Bonchev–Trinajstić information content (AvgIpc) is 3.07. The van der Waals surface area contributed by atoms with Gasteiger partial charge in [-0.1, -0.05) is 54.6 Å². The van der Waals surface area contributed by atoms with Crippen LogP contribution in [0.25, 0.3) is 0 Å². The van der Waals surface area contributed by atoms with Crippen molar-refractivity contribution in [1.82, 2.24) is 0 Å². The van der Waals surface area contributed by atoms with E-state index in [-0.39, 0.29) is 6.42 Å². The molecule has 3 aromatic carbocycles. The maximum atomic E-state index is 10.7. The second-order valence-corrected chi connectivity index (χ2v) is 7.95. The van der Waals surface area contributed by atoms with E-state index >= 15 is 0 Å². The molecule has 4 rings (SSSR count). The first-order valence-electron chi connectivity index (χ1n) is 10.4. The van der Waals surface area contributed by atoms with Crippen LogP contribution in [0.5, 0.6) is 5.75 Å². The first-order chi connectivity index (χ1) is 14.6. The Morgan fingerprint density at radius 1 is 0.967 bits per heavy atom. The molecule has 0 fully saturated rings. The Bertz CT molecular complexity index is 996. The Hall–Kier alpha value is -3.27. The fraction of sp³-hybridized carbons (Fsp3) is 0.269. The van der Waals surface area contributed by atoms with E-state index in [1.54, 1.807) is 0 Å². The number of hydrogen-bond donors (Lipinski definition) is 1. The van der Waals surface area contributed by atoms with Crippen molar-refractivity contribution in [1.29, 1.82) is 0 Å². The number of nitrogens with zero attached hydrogens (tertiary/aromatic N) is 1. The van der Waals surface area contributed by atoms with Crippen LogP contribution < -0.4 is 9.64 Å². The van der Waals surface area contributed by atoms with Crippen LogP contribution in [-0.4, -0.2) is 17.1 Å². The van der Waals surface area contributed by atoms with Gasteiger partial charge in [-0.2, -0.15) is 0 Å². The number of carbonyl (C=O) groups is 1. The van der Waals surface area contributed by atoms with E-state index in [4.69, 9.17) is 9.84 Å². The van der Waals surface area contributed by atoms with Crippen molar-refractivity contribution in [2.75, 3.05) is 4.90 Å². The molecule has 0 spiro atoms. The highest BCUT2D eigenvalue weighted by atomic mass is 16.5.